The van der Waals surface area contributed by atoms with Crippen molar-refractivity contribution in [3.63, 3.8) is 0 Å². The van der Waals surface area contributed by atoms with E-state index >= 15 is 0 Å². The molecule has 0 unspecified atom stereocenters. The molecule has 1 aliphatic heterocycles. The molecule has 0 spiro atoms. The number of hydrogen-bond donors (Lipinski definition) is 2. The summed E-state index contributed by atoms with van der Waals surface area (Å²) < 4.78 is 14.4. The van der Waals surface area contributed by atoms with Gasteiger partial charge >= 0.3 is 6.03 Å². The van der Waals surface area contributed by atoms with Crippen LogP contribution in [0.4, 0.5) is 9.18 Å². The van der Waals surface area contributed by atoms with Gasteiger partial charge in [-0.1, -0.05) is 22.0 Å². The van der Waals surface area contributed by atoms with Crippen LogP contribution in [0.25, 0.3) is 0 Å². The van der Waals surface area contributed by atoms with E-state index in [1.807, 2.05) is 0 Å². The number of primary amides is 1. The topological polar surface area (TPSA) is 75.4 Å². The number of hydrogen-bond acceptors (Lipinski definition) is 3. The van der Waals surface area contributed by atoms with Gasteiger partial charge in [0.15, 0.2) is 0 Å². The van der Waals surface area contributed by atoms with E-state index in [2.05, 4.69) is 21.2 Å². The first-order valence-electron chi connectivity index (χ1n) is 7.31. The van der Waals surface area contributed by atoms with E-state index in [0.29, 0.717) is 41.7 Å². The number of rotatable bonds is 5. The quantitative estimate of drug-likeness (QED) is 0.792. The van der Waals surface area contributed by atoms with Crippen LogP contribution in [0, 0.1) is 5.82 Å². The van der Waals surface area contributed by atoms with E-state index in [0.717, 1.165) is 0 Å². The van der Waals surface area contributed by atoms with Crippen molar-refractivity contribution in [2.75, 3.05) is 18.8 Å². The van der Waals surface area contributed by atoms with E-state index in [1.54, 1.807) is 17.0 Å². The van der Waals surface area contributed by atoms with Crippen molar-refractivity contribution >= 4 is 39.6 Å². The minimum atomic E-state index is -0.415. The summed E-state index contributed by atoms with van der Waals surface area (Å²) in [5.41, 5.74) is 5.80. The number of thioether (sulfide) groups is 1. The van der Waals surface area contributed by atoms with Gasteiger partial charge in [0.05, 0.1) is 5.75 Å². The minimum Gasteiger partial charge on any atom is -0.353 e. The zero-order valence-electron chi connectivity index (χ0n) is 12.6. The molecule has 0 aromatic heterocycles. The zero-order valence-corrected chi connectivity index (χ0v) is 15.0. The third-order valence-electron chi connectivity index (χ3n) is 3.68. The molecular formula is C15H19BrFN3O2S. The number of nitrogens with zero attached hydrogens (tertiary/aromatic N) is 1. The van der Waals surface area contributed by atoms with Crippen LogP contribution >= 0.6 is 27.7 Å². The standard InChI is InChI=1S/C15H19BrFN3O2S/c16-11-2-1-10(13(17)7-11)8-23-9-14(21)19-12-3-5-20(6-4-12)15(18)22/h1-2,7,12H,3-6,8-9H2,(H2,18,22)(H,19,21). The SMILES string of the molecule is NC(=O)N1CCC(NC(=O)CSCc2ccc(Br)cc2F)CC1. The van der Waals surface area contributed by atoms with E-state index < -0.39 is 6.03 Å². The molecule has 0 aliphatic carbocycles. The van der Waals surface area contributed by atoms with Gasteiger partial charge in [-0.05, 0) is 30.5 Å². The lowest BCUT2D eigenvalue weighted by atomic mass is 10.1. The highest BCUT2D eigenvalue weighted by molar-refractivity contribution is 9.10. The Balaban J connectivity index is 1.68. The maximum Gasteiger partial charge on any atom is 0.314 e. The molecule has 5 nitrogen and oxygen atoms in total. The van der Waals surface area contributed by atoms with Crippen LogP contribution in [0.3, 0.4) is 0 Å². The Morgan fingerprint density at radius 2 is 2.09 bits per heavy atom. The van der Waals surface area contributed by atoms with E-state index in [9.17, 15) is 14.0 Å². The third-order valence-corrected chi connectivity index (χ3v) is 5.15. The lowest BCUT2D eigenvalue weighted by molar-refractivity contribution is -0.119. The Hall–Kier alpha value is -1.28. The van der Waals surface area contributed by atoms with Crippen molar-refractivity contribution < 1.29 is 14.0 Å². The third kappa shape index (κ3) is 5.69. The van der Waals surface area contributed by atoms with Gasteiger partial charge in [-0.2, -0.15) is 0 Å². The molecule has 1 aromatic rings. The van der Waals surface area contributed by atoms with Crippen molar-refractivity contribution in [3.05, 3.63) is 34.1 Å². The molecule has 3 N–H and O–H groups in total. The van der Waals surface area contributed by atoms with Crippen LogP contribution in [-0.4, -0.2) is 41.7 Å². The monoisotopic (exact) mass is 403 g/mol. The molecule has 1 heterocycles. The van der Waals surface area contributed by atoms with Gasteiger partial charge in [-0.3, -0.25) is 4.79 Å². The van der Waals surface area contributed by atoms with Crippen LogP contribution < -0.4 is 11.1 Å². The van der Waals surface area contributed by atoms with E-state index in [4.69, 9.17) is 5.73 Å². The average Bonchev–Trinajstić information content (AvgIpc) is 2.50. The van der Waals surface area contributed by atoms with Gasteiger partial charge < -0.3 is 16.0 Å². The summed E-state index contributed by atoms with van der Waals surface area (Å²) in [7, 11) is 0. The summed E-state index contributed by atoms with van der Waals surface area (Å²) in [6.45, 7) is 1.13. The Morgan fingerprint density at radius 1 is 1.39 bits per heavy atom. The van der Waals surface area contributed by atoms with Gasteiger partial charge in [-0.25, -0.2) is 9.18 Å². The molecule has 8 heteroatoms. The number of nitrogens with one attached hydrogen (secondary N) is 1. The molecule has 126 valence electrons. The van der Waals surface area contributed by atoms with Gasteiger partial charge in [-0.15, -0.1) is 11.8 Å². The fourth-order valence-electron chi connectivity index (χ4n) is 2.41. The largest absolute Gasteiger partial charge is 0.353 e. The zero-order chi connectivity index (χ0) is 16.8. The van der Waals surface area contributed by atoms with Crippen molar-refractivity contribution in [1.29, 1.82) is 0 Å². The van der Waals surface area contributed by atoms with Gasteiger partial charge in [0.25, 0.3) is 0 Å². The maximum absolute atomic E-state index is 13.7. The second kappa shape index (κ2) is 8.54. The fourth-order valence-corrected chi connectivity index (χ4v) is 3.56. The van der Waals surface area contributed by atoms with Crippen LogP contribution in [0.15, 0.2) is 22.7 Å². The molecule has 0 radical (unpaired) electrons. The summed E-state index contributed by atoms with van der Waals surface area (Å²) in [4.78, 5) is 24.5. The van der Waals surface area contributed by atoms with Crippen molar-refractivity contribution in [2.45, 2.75) is 24.6 Å². The molecule has 1 aliphatic rings. The molecule has 0 atom stereocenters. The number of benzene rings is 1. The number of piperidine rings is 1. The van der Waals surface area contributed by atoms with Crippen molar-refractivity contribution in [2.24, 2.45) is 5.73 Å². The molecular weight excluding hydrogens is 385 g/mol. The summed E-state index contributed by atoms with van der Waals surface area (Å²) in [6, 6.07) is 4.57. The predicted octanol–water partition coefficient (Wildman–Crippen LogP) is 2.48. The minimum absolute atomic E-state index is 0.0648. The molecule has 1 fully saturated rings. The first-order chi connectivity index (χ1) is 11.0. The second-order valence-corrected chi connectivity index (χ2v) is 7.30. The van der Waals surface area contributed by atoms with Gasteiger partial charge in [0.1, 0.15) is 5.82 Å². The summed E-state index contributed by atoms with van der Waals surface area (Å²) in [5.74, 6) is 0.397. The van der Waals surface area contributed by atoms with Crippen molar-refractivity contribution in [3.8, 4) is 0 Å². The highest BCUT2D eigenvalue weighted by Gasteiger charge is 2.22. The van der Waals surface area contributed by atoms with E-state index in [1.165, 1.54) is 17.8 Å². The van der Waals surface area contributed by atoms with E-state index in [-0.39, 0.29) is 23.5 Å². The second-order valence-electron chi connectivity index (χ2n) is 5.40. The Bertz CT molecular complexity index is 580. The Morgan fingerprint density at radius 3 is 2.70 bits per heavy atom. The molecule has 1 saturated heterocycles. The van der Waals surface area contributed by atoms with Crippen LogP contribution in [0.1, 0.15) is 18.4 Å². The average molecular weight is 404 g/mol. The molecule has 0 saturated carbocycles. The smallest absolute Gasteiger partial charge is 0.314 e. The summed E-state index contributed by atoms with van der Waals surface area (Å²) in [5, 5.41) is 2.95. The number of carbonyl (C=O) groups is 2. The summed E-state index contributed by atoms with van der Waals surface area (Å²) in [6.07, 6.45) is 1.42. The normalized spacial score (nSPS) is 15.5. The van der Waals surface area contributed by atoms with Crippen LogP contribution in [0.5, 0.6) is 0 Å². The first kappa shape index (κ1) is 18.1. The molecule has 2 rings (SSSR count). The number of nitrogens with two attached hydrogens (primary N) is 1. The fraction of sp³-hybridized carbons (Fsp3) is 0.467. The number of amides is 3. The summed E-state index contributed by atoms with van der Waals surface area (Å²) >= 11 is 4.59. The molecule has 23 heavy (non-hydrogen) atoms. The molecule has 3 amide bonds. The number of likely N-dealkylation sites (tertiary alicyclic amines) is 1. The Labute approximate surface area is 147 Å². The molecule has 1 aromatic carbocycles. The van der Waals surface area contributed by atoms with Crippen LogP contribution in [-0.2, 0) is 10.5 Å². The highest BCUT2D eigenvalue weighted by atomic mass is 79.9. The highest BCUT2D eigenvalue weighted by Crippen LogP contribution is 2.20. The number of urea groups is 1. The van der Waals surface area contributed by atoms with Crippen molar-refractivity contribution in [1.82, 2.24) is 10.2 Å². The lowest BCUT2D eigenvalue weighted by Gasteiger charge is -2.31. The maximum atomic E-state index is 13.7. The molecule has 0 bridgehead atoms. The Kier molecular flexibility index (Phi) is 6.71. The first-order valence-corrected chi connectivity index (χ1v) is 9.26. The lowest BCUT2D eigenvalue weighted by Crippen LogP contribution is -2.48. The number of carbonyl (C=O) groups excluding carboxylic acids is 2. The van der Waals surface area contributed by atoms with Gasteiger partial charge in [0.2, 0.25) is 5.91 Å². The number of halogens is 2. The van der Waals surface area contributed by atoms with Crippen LogP contribution in [0.2, 0.25) is 0 Å². The van der Waals surface area contributed by atoms with Gasteiger partial charge in [0, 0.05) is 29.4 Å². The predicted molar refractivity (Wildman–Crippen MR) is 92.6 cm³/mol.